The lowest BCUT2D eigenvalue weighted by Gasteiger charge is -2.39. The third-order valence-corrected chi connectivity index (χ3v) is 2.84. The smallest absolute Gasteiger partial charge is 0.0225 e. The summed E-state index contributed by atoms with van der Waals surface area (Å²) in [6, 6.07) is 2.12. The molecular weight excluding hydrogens is 148 g/mol. The van der Waals surface area contributed by atoms with Gasteiger partial charge in [0.15, 0.2) is 0 Å². The summed E-state index contributed by atoms with van der Waals surface area (Å²) in [5.41, 5.74) is 1.78. The topological polar surface area (TPSA) is 27.8 Å². The molecule has 0 spiro atoms. The van der Waals surface area contributed by atoms with Gasteiger partial charge in [0.2, 0.25) is 0 Å². The molecule has 1 heterocycles. The van der Waals surface area contributed by atoms with Crippen LogP contribution in [0.2, 0.25) is 0 Å². The van der Waals surface area contributed by atoms with E-state index in [9.17, 15) is 0 Å². The first kappa shape index (κ1) is 7.87. The van der Waals surface area contributed by atoms with Crippen LogP contribution in [0.3, 0.4) is 0 Å². The molecule has 1 saturated carbocycles. The summed E-state index contributed by atoms with van der Waals surface area (Å²) in [7, 11) is 0. The van der Waals surface area contributed by atoms with Crippen molar-refractivity contribution in [3.8, 4) is 0 Å². The molecule has 0 aliphatic heterocycles. The Labute approximate surface area is 73.4 Å². The zero-order valence-corrected chi connectivity index (χ0v) is 7.56. The van der Waals surface area contributed by atoms with Gasteiger partial charge in [-0.3, -0.25) is 0 Å². The minimum absolute atomic E-state index is 0.428. The number of nitrogens with one attached hydrogen (secondary N) is 2. The van der Waals surface area contributed by atoms with E-state index in [1.807, 2.05) is 6.20 Å². The van der Waals surface area contributed by atoms with E-state index in [1.165, 1.54) is 24.8 Å². The second kappa shape index (κ2) is 2.94. The number of aromatic amines is 1. The van der Waals surface area contributed by atoms with Crippen molar-refractivity contribution < 1.29 is 0 Å². The molecule has 1 aromatic rings. The highest BCUT2D eigenvalue weighted by Gasteiger charge is 2.30. The van der Waals surface area contributed by atoms with Gasteiger partial charge < -0.3 is 10.3 Å². The van der Waals surface area contributed by atoms with E-state index in [2.05, 4.69) is 29.5 Å². The summed E-state index contributed by atoms with van der Waals surface area (Å²) >= 11 is 0. The molecule has 0 atom stereocenters. The number of hydrogen-bond donors (Lipinski definition) is 2. The fraction of sp³-hybridized carbons (Fsp3) is 0.600. The zero-order chi connectivity index (χ0) is 8.44. The highest BCUT2D eigenvalue weighted by Crippen LogP contribution is 2.31. The third-order valence-electron chi connectivity index (χ3n) is 2.84. The first-order valence-corrected chi connectivity index (χ1v) is 4.65. The van der Waals surface area contributed by atoms with Crippen LogP contribution >= 0.6 is 0 Å². The van der Waals surface area contributed by atoms with Gasteiger partial charge in [-0.2, -0.15) is 0 Å². The first-order valence-electron chi connectivity index (χ1n) is 4.65. The van der Waals surface area contributed by atoms with Crippen molar-refractivity contribution in [2.24, 2.45) is 0 Å². The Morgan fingerprint density at radius 3 is 2.92 bits per heavy atom. The summed E-state index contributed by atoms with van der Waals surface area (Å²) in [4.78, 5) is 3.06. The Hall–Kier alpha value is -0.760. The van der Waals surface area contributed by atoms with Crippen molar-refractivity contribution in [3.05, 3.63) is 24.0 Å². The van der Waals surface area contributed by atoms with E-state index in [0.29, 0.717) is 5.54 Å². The summed E-state index contributed by atoms with van der Waals surface area (Å²) in [5, 5.41) is 3.58. The van der Waals surface area contributed by atoms with Crippen molar-refractivity contribution in [2.75, 3.05) is 0 Å². The van der Waals surface area contributed by atoms with Gasteiger partial charge in [0.1, 0.15) is 0 Å². The molecule has 1 aliphatic rings. The average Bonchev–Trinajstić information content (AvgIpc) is 2.49. The van der Waals surface area contributed by atoms with Crippen molar-refractivity contribution >= 4 is 0 Å². The lowest BCUT2D eigenvalue weighted by molar-refractivity contribution is 0.207. The molecule has 2 rings (SSSR count). The zero-order valence-electron chi connectivity index (χ0n) is 7.56. The van der Waals surface area contributed by atoms with Crippen LogP contribution in [0.25, 0.3) is 0 Å². The van der Waals surface area contributed by atoms with Crippen LogP contribution in [0.1, 0.15) is 31.7 Å². The summed E-state index contributed by atoms with van der Waals surface area (Å²) in [5.74, 6) is 0. The second-order valence-electron chi connectivity index (χ2n) is 3.99. The molecule has 1 fully saturated rings. The highest BCUT2D eigenvalue weighted by molar-refractivity contribution is 5.09. The maximum Gasteiger partial charge on any atom is 0.0225 e. The van der Waals surface area contributed by atoms with E-state index in [1.54, 1.807) is 0 Å². The number of aromatic nitrogens is 1. The molecule has 2 nitrogen and oxygen atoms in total. The van der Waals surface area contributed by atoms with Crippen LogP contribution in [0.5, 0.6) is 0 Å². The Morgan fingerprint density at radius 2 is 2.42 bits per heavy atom. The molecule has 0 aromatic carbocycles. The molecule has 1 aliphatic carbocycles. The standard InChI is InChI=1S/C10H16N2/c1-10(4-2-5-10)12-8-9-3-6-11-7-9/h3,6-7,11-12H,2,4-5,8H2,1H3. The predicted octanol–water partition coefficient (Wildman–Crippen LogP) is 2.05. The van der Waals surface area contributed by atoms with Crippen molar-refractivity contribution in [1.82, 2.24) is 10.3 Å². The number of H-pyrrole nitrogens is 1. The fourth-order valence-electron chi connectivity index (χ4n) is 1.67. The first-order chi connectivity index (χ1) is 5.79. The van der Waals surface area contributed by atoms with Crippen molar-refractivity contribution in [1.29, 1.82) is 0 Å². The average molecular weight is 164 g/mol. The number of hydrogen-bond acceptors (Lipinski definition) is 1. The number of rotatable bonds is 3. The molecule has 66 valence electrons. The molecule has 0 amide bonds. The fourth-order valence-corrected chi connectivity index (χ4v) is 1.67. The summed E-state index contributed by atoms with van der Waals surface area (Å²) < 4.78 is 0. The molecule has 0 radical (unpaired) electrons. The van der Waals surface area contributed by atoms with E-state index in [0.717, 1.165) is 6.54 Å². The molecule has 0 saturated heterocycles. The summed E-state index contributed by atoms with van der Waals surface area (Å²) in [6.45, 7) is 3.31. The molecule has 0 bridgehead atoms. The molecule has 12 heavy (non-hydrogen) atoms. The molecule has 0 unspecified atom stereocenters. The lowest BCUT2D eigenvalue weighted by Crippen LogP contribution is -2.47. The van der Waals surface area contributed by atoms with Crippen LogP contribution in [-0.2, 0) is 6.54 Å². The van der Waals surface area contributed by atoms with E-state index in [4.69, 9.17) is 0 Å². The Bertz CT molecular complexity index is 234. The van der Waals surface area contributed by atoms with Crippen LogP contribution in [-0.4, -0.2) is 10.5 Å². The monoisotopic (exact) mass is 164 g/mol. The maximum atomic E-state index is 3.58. The minimum atomic E-state index is 0.428. The van der Waals surface area contributed by atoms with Crippen molar-refractivity contribution in [2.45, 2.75) is 38.3 Å². The van der Waals surface area contributed by atoms with Crippen LogP contribution in [0.4, 0.5) is 0 Å². The normalized spacial score (nSPS) is 20.4. The SMILES string of the molecule is CC1(NCc2cc[nH]c2)CCC1. The van der Waals surface area contributed by atoms with Crippen LogP contribution in [0, 0.1) is 0 Å². The third kappa shape index (κ3) is 1.53. The largest absolute Gasteiger partial charge is 0.367 e. The van der Waals surface area contributed by atoms with Gasteiger partial charge in [0.25, 0.3) is 0 Å². The lowest BCUT2D eigenvalue weighted by atomic mass is 9.78. The van der Waals surface area contributed by atoms with Gasteiger partial charge in [-0.15, -0.1) is 0 Å². The summed E-state index contributed by atoms with van der Waals surface area (Å²) in [6.07, 6.45) is 8.07. The van der Waals surface area contributed by atoms with Gasteiger partial charge in [-0.25, -0.2) is 0 Å². The van der Waals surface area contributed by atoms with E-state index in [-0.39, 0.29) is 0 Å². The Morgan fingerprint density at radius 1 is 1.58 bits per heavy atom. The van der Waals surface area contributed by atoms with Crippen molar-refractivity contribution in [3.63, 3.8) is 0 Å². The highest BCUT2D eigenvalue weighted by atomic mass is 15.0. The second-order valence-corrected chi connectivity index (χ2v) is 3.99. The van der Waals surface area contributed by atoms with Crippen LogP contribution < -0.4 is 5.32 Å². The van der Waals surface area contributed by atoms with Gasteiger partial charge >= 0.3 is 0 Å². The Balaban J connectivity index is 1.82. The minimum Gasteiger partial charge on any atom is -0.367 e. The maximum absolute atomic E-state index is 3.58. The molecular formula is C10H16N2. The van der Waals surface area contributed by atoms with E-state index < -0.39 is 0 Å². The molecule has 2 N–H and O–H groups in total. The Kier molecular flexibility index (Phi) is 1.93. The quantitative estimate of drug-likeness (QED) is 0.703. The predicted molar refractivity (Wildman–Crippen MR) is 49.9 cm³/mol. The van der Waals surface area contributed by atoms with Gasteiger partial charge in [-0.05, 0) is 37.8 Å². The van der Waals surface area contributed by atoms with Gasteiger partial charge in [-0.1, -0.05) is 0 Å². The van der Waals surface area contributed by atoms with Crippen LogP contribution in [0.15, 0.2) is 18.5 Å². The van der Waals surface area contributed by atoms with E-state index >= 15 is 0 Å². The van der Waals surface area contributed by atoms with Gasteiger partial charge in [0, 0.05) is 24.5 Å². The molecule has 1 aromatic heterocycles. The molecule has 2 heteroatoms. The van der Waals surface area contributed by atoms with Gasteiger partial charge in [0.05, 0.1) is 0 Å².